The quantitative estimate of drug-likeness (QED) is 0.806. The van der Waals surface area contributed by atoms with Crippen molar-refractivity contribution in [2.75, 3.05) is 31.1 Å². The molecule has 0 aliphatic carbocycles. The second kappa shape index (κ2) is 7.36. The number of aliphatic carboxylic acids is 1. The van der Waals surface area contributed by atoms with Crippen LogP contribution < -0.4 is 0 Å². The molecule has 1 N–H and O–H groups in total. The van der Waals surface area contributed by atoms with Crippen LogP contribution in [-0.2, 0) is 21.1 Å². The molecule has 8 heteroatoms. The summed E-state index contributed by atoms with van der Waals surface area (Å²) in [4.78, 5) is 27.6. The Morgan fingerprint density at radius 1 is 1.15 bits per heavy atom. The van der Waals surface area contributed by atoms with Gasteiger partial charge in [-0.15, -0.1) is 0 Å². The van der Waals surface area contributed by atoms with Crippen molar-refractivity contribution in [2.24, 2.45) is 0 Å². The highest BCUT2D eigenvalue weighted by Crippen LogP contribution is 2.29. The maximum Gasteiger partial charge on any atom is 0.304 e. The summed E-state index contributed by atoms with van der Waals surface area (Å²) < 4.78 is 24.5. The topological polar surface area (TPSA) is 95.0 Å². The second-order valence-electron chi connectivity index (χ2n) is 6.90. The van der Waals surface area contributed by atoms with Gasteiger partial charge in [-0.05, 0) is 18.1 Å². The SMILES string of the molecule is CCc1ccccc1C(=O)N1CCN(CCC(=O)O)[C@@H]2CS(=O)(=O)C[C@@H]21. The van der Waals surface area contributed by atoms with Gasteiger partial charge in [0.25, 0.3) is 5.91 Å². The number of nitrogens with zero attached hydrogens (tertiary/aromatic N) is 2. The molecule has 2 atom stereocenters. The molecule has 2 saturated heterocycles. The van der Waals surface area contributed by atoms with Gasteiger partial charge < -0.3 is 10.0 Å². The van der Waals surface area contributed by atoms with E-state index in [-0.39, 0.29) is 29.9 Å². The smallest absolute Gasteiger partial charge is 0.304 e. The van der Waals surface area contributed by atoms with Gasteiger partial charge in [-0.25, -0.2) is 8.42 Å². The van der Waals surface area contributed by atoms with Crippen LogP contribution in [0.15, 0.2) is 24.3 Å². The van der Waals surface area contributed by atoms with Crippen LogP contribution in [0.3, 0.4) is 0 Å². The van der Waals surface area contributed by atoms with Crippen LogP contribution in [-0.4, -0.2) is 78.4 Å². The molecule has 0 radical (unpaired) electrons. The van der Waals surface area contributed by atoms with Gasteiger partial charge in [0.05, 0.1) is 24.0 Å². The molecule has 1 aromatic carbocycles. The van der Waals surface area contributed by atoms with Gasteiger partial charge in [0, 0.05) is 31.2 Å². The number of piperazine rings is 1. The number of carboxylic acids is 1. The van der Waals surface area contributed by atoms with E-state index in [1.54, 1.807) is 11.0 Å². The first-order valence-corrected chi connectivity index (χ1v) is 10.7. The van der Waals surface area contributed by atoms with Gasteiger partial charge in [-0.3, -0.25) is 14.5 Å². The molecular weight excluding hydrogens is 356 g/mol. The van der Waals surface area contributed by atoms with Crippen molar-refractivity contribution in [1.29, 1.82) is 0 Å². The van der Waals surface area contributed by atoms with Crippen LogP contribution in [0, 0.1) is 0 Å². The number of sulfone groups is 1. The van der Waals surface area contributed by atoms with E-state index in [0.29, 0.717) is 25.2 Å². The lowest BCUT2D eigenvalue weighted by molar-refractivity contribution is -0.137. The molecule has 2 heterocycles. The monoisotopic (exact) mass is 380 g/mol. The molecule has 3 rings (SSSR count). The lowest BCUT2D eigenvalue weighted by Gasteiger charge is -2.44. The number of rotatable bonds is 5. The number of carbonyl (C=O) groups is 2. The molecule has 0 bridgehead atoms. The summed E-state index contributed by atoms with van der Waals surface area (Å²) in [5.74, 6) is -1.11. The van der Waals surface area contributed by atoms with Crippen molar-refractivity contribution >= 4 is 21.7 Å². The third kappa shape index (κ3) is 3.76. The first kappa shape index (κ1) is 18.8. The minimum Gasteiger partial charge on any atom is -0.481 e. The first-order chi connectivity index (χ1) is 12.3. The Morgan fingerprint density at radius 3 is 2.54 bits per heavy atom. The number of fused-ring (bicyclic) bond motifs is 1. The zero-order valence-electron chi connectivity index (χ0n) is 14.8. The van der Waals surface area contributed by atoms with E-state index >= 15 is 0 Å². The Labute approximate surface area is 153 Å². The predicted octanol–water partition coefficient (Wildman–Crippen LogP) is 0.647. The Balaban J connectivity index is 1.86. The highest BCUT2D eigenvalue weighted by molar-refractivity contribution is 7.91. The van der Waals surface area contributed by atoms with E-state index in [1.165, 1.54) is 0 Å². The fourth-order valence-electron chi connectivity index (χ4n) is 3.99. The molecule has 2 aliphatic heterocycles. The minimum atomic E-state index is -3.25. The van der Waals surface area contributed by atoms with Crippen molar-refractivity contribution in [2.45, 2.75) is 31.8 Å². The molecule has 1 amide bonds. The van der Waals surface area contributed by atoms with Crippen LogP contribution in [0.25, 0.3) is 0 Å². The Bertz CT molecular complexity index is 808. The van der Waals surface area contributed by atoms with E-state index in [4.69, 9.17) is 5.11 Å². The number of benzene rings is 1. The van der Waals surface area contributed by atoms with Gasteiger partial charge in [0.1, 0.15) is 0 Å². The van der Waals surface area contributed by atoms with Gasteiger partial charge in [-0.1, -0.05) is 25.1 Å². The van der Waals surface area contributed by atoms with Crippen molar-refractivity contribution in [1.82, 2.24) is 9.80 Å². The zero-order valence-corrected chi connectivity index (χ0v) is 15.6. The molecule has 142 valence electrons. The molecular formula is C18H24N2O5S. The van der Waals surface area contributed by atoms with Crippen LogP contribution in [0.5, 0.6) is 0 Å². The Kier molecular flexibility index (Phi) is 5.34. The fourth-order valence-corrected chi connectivity index (χ4v) is 6.00. The summed E-state index contributed by atoms with van der Waals surface area (Å²) >= 11 is 0. The molecule has 0 saturated carbocycles. The maximum absolute atomic E-state index is 13.1. The van der Waals surface area contributed by atoms with Crippen molar-refractivity contribution in [3.05, 3.63) is 35.4 Å². The van der Waals surface area contributed by atoms with Crippen molar-refractivity contribution < 1.29 is 23.1 Å². The van der Waals surface area contributed by atoms with Gasteiger partial charge >= 0.3 is 5.97 Å². The molecule has 7 nitrogen and oxygen atoms in total. The van der Waals surface area contributed by atoms with Crippen LogP contribution in [0.1, 0.15) is 29.3 Å². The Hall–Kier alpha value is -1.93. The molecule has 2 fully saturated rings. The fraction of sp³-hybridized carbons (Fsp3) is 0.556. The molecule has 26 heavy (non-hydrogen) atoms. The molecule has 0 spiro atoms. The highest BCUT2D eigenvalue weighted by Gasteiger charge is 2.48. The molecule has 2 aliphatic rings. The zero-order chi connectivity index (χ0) is 18.9. The largest absolute Gasteiger partial charge is 0.481 e. The second-order valence-corrected chi connectivity index (χ2v) is 9.05. The first-order valence-electron chi connectivity index (χ1n) is 8.87. The van der Waals surface area contributed by atoms with Gasteiger partial charge in [0.15, 0.2) is 9.84 Å². The van der Waals surface area contributed by atoms with Crippen molar-refractivity contribution in [3.8, 4) is 0 Å². The summed E-state index contributed by atoms with van der Waals surface area (Å²) in [5, 5.41) is 8.92. The number of aryl methyl sites for hydroxylation is 1. The number of carboxylic acid groups (broad SMARTS) is 1. The Morgan fingerprint density at radius 2 is 1.85 bits per heavy atom. The van der Waals surface area contributed by atoms with E-state index in [1.807, 2.05) is 30.0 Å². The third-order valence-electron chi connectivity index (χ3n) is 5.29. The van der Waals surface area contributed by atoms with E-state index < -0.39 is 21.8 Å². The summed E-state index contributed by atoms with van der Waals surface area (Å²) in [5.41, 5.74) is 1.57. The van der Waals surface area contributed by atoms with E-state index in [9.17, 15) is 18.0 Å². The van der Waals surface area contributed by atoms with E-state index in [0.717, 1.165) is 12.0 Å². The summed E-state index contributed by atoms with van der Waals surface area (Å²) in [7, 11) is -3.25. The minimum absolute atomic E-state index is 0.0174. The lowest BCUT2D eigenvalue weighted by atomic mass is 9.99. The molecule has 0 aromatic heterocycles. The van der Waals surface area contributed by atoms with Gasteiger partial charge in [0.2, 0.25) is 0 Å². The number of hydrogen-bond acceptors (Lipinski definition) is 5. The standard InChI is InChI=1S/C18H24N2O5S/c1-2-13-5-3-4-6-14(13)18(23)20-10-9-19(8-7-17(21)22)15-11-26(24,25)12-16(15)20/h3-6,15-16H,2,7-12H2,1H3,(H,21,22)/t15-,16+/m1/s1. The van der Waals surface area contributed by atoms with E-state index in [2.05, 4.69) is 0 Å². The lowest BCUT2D eigenvalue weighted by Crippen LogP contribution is -2.60. The summed E-state index contributed by atoms with van der Waals surface area (Å²) in [6.45, 7) is 3.19. The van der Waals surface area contributed by atoms with Crippen LogP contribution in [0.4, 0.5) is 0 Å². The molecule has 0 unspecified atom stereocenters. The maximum atomic E-state index is 13.1. The van der Waals surface area contributed by atoms with Crippen LogP contribution in [0.2, 0.25) is 0 Å². The highest BCUT2D eigenvalue weighted by atomic mass is 32.2. The van der Waals surface area contributed by atoms with Gasteiger partial charge in [-0.2, -0.15) is 0 Å². The molecule has 1 aromatic rings. The van der Waals surface area contributed by atoms with Crippen LogP contribution >= 0.6 is 0 Å². The average Bonchev–Trinajstić information content (AvgIpc) is 2.93. The normalized spacial score (nSPS) is 25.0. The summed E-state index contributed by atoms with van der Waals surface area (Å²) in [6.07, 6.45) is 0.697. The third-order valence-corrected chi connectivity index (χ3v) is 6.99. The number of hydrogen-bond donors (Lipinski definition) is 1. The number of amides is 1. The number of carbonyl (C=O) groups excluding carboxylic acids is 1. The van der Waals surface area contributed by atoms with Crippen molar-refractivity contribution in [3.63, 3.8) is 0 Å². The summed E-state index contributed by atoms with van der Waals surface area (Å²) in [6, 6.07) is 6.67. The predicted molar refractivity (Wildman–Crippen MR) is 96.9 cm³/mol. The average molecular weight is 380 g/mol.